The van der Waals surface area contributed by atoms with E-state index < -0.39 is 0 Å². The van der Waals surface area contributed by atoms with Crippen molar-refractivity contribution < 1.29 is 9.47 Å². The van der Waals surface area contributed by atoms with E-state index in [1.54, 1.807) is 0 Å². The van der Waals surface area contributed by atoms with Gasteiger partial charge >= 0.3 is 0 Å². The Kier molecular flexibility index (Phi) is 2.47. The minimum atomic E-state index is 0.106. The van der Waals surface area contributed by atoms with E-state index in [1.165, 1.54) is 6.33 Å². The van der Waals surface area contributed by atoms with Crippen LogP contribution in [0.2, 0.25) is 0 Å². The van der Waals surface area contributed by atoms with E-state index in [2.05, 4.69) is 15.4 Å². The maximum atomic E-state index is 5.55. The molecule has 76 valence electrons. The minimum Gasteiger partial charge on any atom is -0.469 e. The molecule has 0 radical (unpaired) electrons. The summed E-state index contributed by atoms with van der Waals surface area (Å²) in [6, 6.07) is 0. The number of aromatic nitrogens is 2. The number of hydrazine groups is 1. The van der Waals surface area contributed by atoms with E-state index >= 15 is 0 Å². The lowest BCUT2D eigenvalue weighted by Gasteiger charge is -2.26. The maximum Gasteiger partial charge on any atom is 0.221 e. The molecule has 1 aliphatic heterocycles. The van der Waals surface area contributed by atoms with E-state index in [4.69, 9.17) is 15.3 Å². The smallest absolute Gasteiger partial charge is 0.221 e. The zero-order valence-electron chi connectivity index (χ0n) is 7.86. The van der Waals surface area contributed by atoms with Gasteiger partial charge < -0.3 is 14.9 Å². The molecule has 3 N–H and O–H groups in total. The summed E-state index contributed by atoms with van der Waals surface area (Å²) in [6.07, 6.45) is 1.52. The van der Waals surface area contributed by atoms with Gasteiger partial charge in [0.15, 0.2) is 0 Å². The van der Waals surface area contributed by atoms with Crippen LogP contribution in [0.3, 0.4) is 0 Å². The van der Waals surface area contributed by atoms with E-state index in [1.807, 2.05) is 6.92 Å². The predicted octanol–water partition coefficient (Wildman–Crippen LogP) is -0.152. The average Bonchev–Trinajstić information content (AvgIpc) is 2.13. The molecule has 1 fully saturated rings. The van der Waals surface area contributed by atoms with Crippen molar-refractivity contribution in [2.75, 3.05) is 18.6 Å². The van der Waals surface area contributed by atoms with E-state index in [0.29, 0.717) is 24.9 Å². The summed E-state index contributed by atoms with van der Waals surface area (Å²) in [5, 5.41) is 0. The summed E-state index contributed by atoms with van der Waals surface area (Å²) in [7, 11) is 0. The fourth-order valence-corrected chi connectivity index (χ4v) is 1.14. The molecule has 14 heavy (non-hydrogen) atoms. The summed E-state index contributed by atoms with van der Waals surface area (Å²) >= 11 is 0. The summed E-state index contributed by atoms with van der Waals surface area (Å²) in [5.41, 5.74) is 3.29. The number of nitrogens with zero attached hydrogens (tertiary/aromatic N) is 2. The topological polar surface area (TPSA) is 82.3 Å². The van der Waals surface area contributed by atoms with E-state index in [0.717, 1.165) is 5.56 Å². The van der Waals surface area contributed by atoms with Gasteiger partial charge in [-0.1, -0.05) is 0 Å². The molecule has 1 aromatic rings. The highest BCUT2D eigenvalue weighted by molar-refractivity contribution is 5.46. The van der Waals surface area contributed by atoms with Crippen LogP contribution in [-0.4, -0.2) is 29.3 Å². The Morgan fingerprint density at radius 3 is 2.93 bits per heavy atom. The van der Waals surface area contributed by atoms with Crippen molar-refractivity contribution in [3.05, 3.63) is 11.9 Å². The number of ether oxygens (including phenoxy) is 2. The van der Waals surface area contributed by atoms with Crippen molar-refractivity contribution in [3.8, 4) is 5.88 Å². The molecule has 0 aliphatic carbocycles. The van der Waals surface area contributed by atoms with Gasteiger partial charge in [-0.05, 0) is 6.92 Å². The van der Waals surface area contributed by atoms with Gasteiger partial charge in [-0.15, -0.1) is 0 Å². The Hall–Kier alpha value is -1.40. The average molecular weight is 196 g/mol. The van der Waals surface area contributed by atoms with Gasteiger partial charge in [0.25, 0.3) is 0 Å². The molecule has 6 heteroatoms. The molecule has 0 atom stereocenters. The molecule has 0 amide bonds. The second kappa shape index (κ2) is 3.77. The van der Waals surface area contributed by atoms with E-state index in [9.17, 15) is 0 Å². The minimum absolute atomic E-state index is 0.106. The van der Waals surface area contributed by atoms with Crippen LogP contribution in [0.1, 0.15) is 5.56 Å². The lowest BCUT2D eigenvalue weighted by Crippen LogP contribution is -2.39. The van der Waals surface area contributed by atoms with Crippen molar-refractivity contribution in [3.63, 3.8) is 0 Å². The molecule has 0 saturated carbocycles. The van der Waals surface area contributed by atoms with Crippen LogP contribution in [0.5, 0.6) is 5.88 Å². The summed E-state index contributed by atoms with van der Waals surface area (Å²) in [4.78, 5) is 7.97. The van der Waals surface area contributed by atoms with Gasteiger partial charge in [0, 0.05) is 0 Å². The van der Waals surface area contributed by atoms with Crippen LogP contribution in [0.4, 0.5) is 5.82 Å². The second-order valence-electron chi connectivity index (χ2n) is 3.07. The standard InChI is InChI=1S/C8H12N4O2/c1-5-7(12-9)10-4-11-8(5)14-6-2-13-3-6/h4,6H,2-3,9H2,1H3,(H,10,11,12). The van der Waals surface area contributed by atoms with Crippen LogP contribution in [-0.2, 0) is 4.74 Å². The van der Waals surface area contributed by atoms with Crippen LogP contribution in [0.25, 0.3) is 0 Å². The highest BCUT2D eigenvalue weighted by Gasteiger charge is 2.22. The van der Waals surface area contributed by atoms with Crippen molar-refractivity contribution >= 4 is 5.82 Å². The highest BCUT2D eigenvalue weighted by atomic mass is 16.6. The van der Waals surface area contributed by atoms with Gasteiger partial charge in [0.2, 0.25) is 5.88 Å². The van der Waals surface area contributed by atoms with Crippen LogP contribution in [0, 0.1) is 6.92 Å². The number of nitrogen functional groups attached to an aromatic ring is 1. The normalized spacial score (nSPS) is 16.1. The number of hydrogen-bond donors (Lipinski definition) is 2. The van der Waals surface area contributed by atoms with Crippen molar-refractivity contribution in [2.45, 2.75) is 13.0 Å². The molecule has 0 spiro atoms. The third-order valence-electron chi connectivity index (χ3n) is 2.06. The zero-order chi connectivity index (χ0) is 9.97. The number of nitrogens with one attached hydrogen (secondary N) is 1. The van der Waals surface area contributed by atoms with E-state index in [-0.39, 0.29) is 6.10 Å². The number of rotatable bonds is 3. The van der Waals surface area contributed by atoms with Gasteiger partial charge in [-0.25, -0.2) is 15.8 Å². The number of hydrogen-bond acceptors (Lipinski definition) is 6. The molecule has 6 nitrogen and oxygen atoms in total. The molecular weight excluding hydrogens is 184 g/mol. The zero-order valence-corrected chi connectivity index (χ0v) is 7.86. The first kappa shape index (κ1) is 9.17. The molecule has 1 aliphatic rings. The first-order valence-corrected chi connectivity index (χ1v) is 4.34. The SMILES string of the molecule is Cc1c(NN)ncnc1OC1COC1. The summed E-state index contributed by atoms with van der Waals surface area (Å²) < 4.78 is 10.5. The maximum absolute atomic E-state index is 5.55. The third-order valence-corrected chi connectivity index (χ3v) is 2.06. The molecule has 2 rings (SSSR count). The third kappa shape index (κ3) is 1.61. The quantitative estimate of drug-likeness (QED) is 0.516. The fraction of sp³-hybridized carbons (Fsp3) is 0.500. The first-order valence-electron chi connectivity index (χ1n) is 4.34. The molecule has 2 heterocycles. The Morgan fingerprint density at radius 2 is 2.36 bits per heavy atom. The lowest BCUT2D eigenvalue weighted by molar-refractivity contribution is -0.0816. The van der Waals surface area contributed by atoms with Gasteiger partial charge in [0.1, 0.15) is 18.2 Å². The largest absolute Gasteiger partial charge is 0.469 e. The Labute approximate surface area is 81.4 Å². The monoisotopic (exact) mass is 196 g/mol. The summed E-state index contributed by atoms with van der Waals surface area (Å²) in [5.74, 6) is 6.41. The van der Waals surface area contributed by atoms with Gasteiger partial charge in [-0.2, -0.15) is 0 Å². The molecule has 1 aromatic heterocycles. The molecular formula is C8H12N4O2. The predicted molar refractivity (Wildman–Crippen MR) is 49.8 cm³/mol. The van der Waals surface area contributed by atoms with Crippen molar-refractivity contribution in [2.24, 2.45) is 5.84 Å². The lowest BCUT2D eigenvalue weighted by atomic mass is 10.3. The highest BCUT2D eigenvalue weighted by Crippen LogP contribution is 2.21. The van der Waals surface area contributed by atoms with Crippen LogP contribution >= 0.6 is 0 Å². The van der Waals surface area contributed by atoms with Gasteiger partial charge in [0.05, 0.1) is 18.8 Å². The first-order chi connectivity index (χ1) is 6.81. The van der Waals surface area contributed by atoms with Crippen molar-refractivity contribution in [1.82, 2.24) is 9.97 Å². The number of nitrogens with two attached hydrogens (primary N) is 1. The second-order valence-corrected chi connectivity index (χ2v) is 3.07. The van der Waals surface area contributed by atoms with Crippen LogP contribution in [0.15, 0.2) is 6.33 Å². The van der Waals surface area contributed by atoms with Crippen molar-refractivity contribution in [1.29, 1.82) is 0 Å². The molecule has 0 unspecified atom stereocenters. The Bertz CT molecular complexity index is 327. The van der Waals surface area contributed by atoms with Gasteiger partial charge in [-0.3, -0.25) is 0 Å². The molecule has 0 bridgehead atoms. The molecule has 0 aromatic carbocycles. The number of anilines is 1. The Morgan fingerprint density at radius 1 is 1.57 bits per heavy atom. The fourth-order valence-electron chi connectivity index (χ4n) is 1.14. The summed E-state index contributed by atoms with van der Waals surface area (Å²) in [6.45, 7) is 3.09. The van der Waals surface area contributed by atoms with Crippen LogP contribution < -0.4 is 16.0 Å². The molecule has 1 saturated heterocycles. The Balaban J connectivity index is 2.15.